The lowest BCUT2D eigenvalue weighted by atomic mass is 10.1. The predicted octanol–water partition coefficient (Wildman–Crippen LogP) is 3.02. The van der Waals surface area contributed by atoms with Gasteiger partial charge < -0.3 is 10.6 Å². The first-order valence-corrected chi connectivity index (χ1v) is 6.63. The number of amides is 1. The van der Waals surface area contributed by atoms with E-state index in [-0.39, 0.29) is 5.91 Å². The first-order chi connectivity index (χ1) is 8.08. The third-order valence-corrected chi connectivity index (χ3v) is 2.79. The van der Waals surface area contributed by atoms with E-state index in [0.717, 1.165) is 23.1 Å². The minimum Gasteiger partial charge on any atom is -0.325 e. The molecule has 0 spiro atoms. The summed E-state index contributed by atoms with van der Waals surface area (Å²) in [4.78, 5) is 11.6. The average molecular weight is 299 g/mol. The zero-order chi connectivity index (χ0) is 12.7. The predicted molar refractivity (Wildman–Crippen MR) is 75.1 cm³/mol. The fraction of sp³-hybridized carbons (Fsp3) is 0.462. The summed E-state index contributed by atoms with van der Waals surface area (Å²) in [6.07, 6.45) is 1.09. The number of hydrogen-bond acceptors (Lipinski definition) is 2. The molecule has 0 aromatic heterocycles. The molecule has 0 saturated carbocycles. The van der Waals surface area contributed by atoms with Crippen molar-refractivity contribution in [1.29, 1.82) is 0 Å². The maximum Gasteiger partial charge on any atom is 0.238 e. The molecular weight excluding hydrogens is 280 g/mol. The van der Waals surface area contributed by atoms with Gasteiger partial charge in [0.05, 0.1) is 6.54 Å². The molecule has 0 aliphatic rings. The Bertz CT molecular complexity index is 366. The molecule has 17 heavy (non-hydrogen) atoms. The van der Waals surface area contributed by atoms with Crippen LogP contribution in [0.2, 0.25) is 0 Å². The number of hydrogen-bond donors (Lipinski definition) is 2. The fourth-order valence-corrected chi connectivity index (χ4v) is 1.76. The van der Waals surface area contributed by atoms with Gasteiger partial charge in [0.25, 0.3) is 0 Å². The first kappa shape index (κ1) is 14.2. The largest absolute Gasteiger partial charge is 0.325 e. The minimum absolute atomic E-state index is 0.00754. The highest BCUT2D eigenvalue weighted by molar-refractivity contribution is 9.10. The summed E-state index contributed by atoms with van der Waals surface area (Å²) >= 11 is 3.36. The molecule has 0 fully saturated rings. The molecule has 1 rings (SSSR count). The molecule has 0 unspecified atom stereocenters. The van der Waals surface area contributed by atoms with Crippen LogP contribution in [0.4, 0.5) is 5.69 Å². The van der Waals surface area contributed by atoms with Gasteiger partial charge in [0, 0.05) is 10.2 Å². The Morgan fingerprint density at radius 2 is 2.18 bits per heavy atom. The maximum atomic E-state index is 11.6. The third kappa shape index (κ3) is 6.44. The molecule has 94 valence electrons. The van der Waals surface area contributed by atoms with E-state index >= 15 is 0 Å². The molecule has 0 atom stereocenters. The molecule has 2 N–H and O–H groups in total. The molecule has 0 aliphatic carbocycles. The normalized spacial score (nSPS) is 10.6. The van der Waals surface area contributed by atoms with Gasteiger partial charge in [-0.15, -0.1) is 0 Å². The molecule has 1 aromatic rings. The van der Waals surface area contributed by atoms with Crippen LogP contribution in [0, 0.1) is 5.92 Å². The highest BCUT2D eigenvalue weighted by Gasteiger charge is 2.02. The molecule has 0 heterocycles. The van der Waals surface area contributed by atoms with Crippen LogP contribution in [-0.2, 0) is 4.79 Å². The second kappa shape index (κ2) is 7.45. The molecular formula is C13H19BrN2O. The summed E-state index contributed by atoms with van der Waals surface area (Å²) in [7, 11) is 0. The molecule has 3 nitrogen and oxygen atoms in total. The van der Waals surface area contributed by atoms with Gasteiger partial charge in [-0.2, -0.15) is 0 Å². The second-order valence-electron chi connectivity index (χ2n) is 4.42. The standard InChI is InChI=1S/C13H19BrN2O/c1-10(2)6-7-15-9-13(17)16-12-5-3-4-11(14)8-12/h3-5,8,10,15H,6-7,9H2,1-2H3,(H,16,17). The average Bonchev–Trinajstić information content (AvgIpc) is 2.24. The summed E-state index contributed by atoms with van der Waals surface area (Å²) in [5.74, 6) is 0.655. The van der Waals surface area contributed by atoms with Gasteiger partial charge in [-0.25, -0.2) is 0 Å². The summed E-state index contributed by atoms with van der Waals surface area (Å²) < 4.78 is 0.961. The monoisotopic (exact) mass is 298 g/mol. The second-order valence-corrected chi connectivity index (χ2v) is 5.33. The van der Waals surface area contributed by atoms with Gasteiger partial charge in [-0.3, -0.25) is 4.79 Å². The summed E-state index contributed by atoms with van der Waals surface area (Å²) in [6.45, 7) is 5.58. The zero-order valence-corrected chi connectivity index (χ0v) is 11.9. The van der Waals surface area contributed by atoms with Crippen LogP contribution in [0.25, 0.3) is 0 Å². The topological polar surface area (TPSA) is 41.1 Å². The van der Waals surface area contributed by atoms with Crippen molar-refractivity contribution in [3.8, 4) is 0 Å². The van der Waals surface area contributed by atoms with E-state index < -0.39 is 0 Å². The summed E-state index contributed by atoms with van der Waals surface area (Å²) in [6, 6.07) is 7.57. The summed E-state index contributed by atoms with van der Waals surface area (Å²) in [5.41, 5.74) is 0.815. The highest BCUT2D eigenvalue weighted by Crippen LogP contribution is 2.15. The first-order valence-electron chi connectivity index (χ1n) is 5.84. The molecule has 0 aliphatic heterocycles. The fourth-order valence-electron chi connectivity index (χ4n) is 1.36. The Balaban J connectivity index is 2.25. The number of rotatable bonds is 6. The van der Waals surface area contributed by atoms with Crippen molar-refractivity contribution in [2.24, 2.45) is 5.92 Å². The number of anilines is 1. The van der Waals surface area contributed by atoms with E-state index in [1.54, 1.807) is 0 Å². The Morgan fingerprint density at radius 1 is 1.41 bits per heavy atom. The number of carbonyl (C=O) groups excluding carboxylic acids is 1. The highest BCUT2D eigenvalue weighted by atomic mass is 79.9. The van der Waals surface area contributed by atoms with Crippen LogP contribution in [0.15, 0.2) is 28.7 Å². The van der Waals surface area contributed by atoms with E-state index in [4.69, 9.17) is 0 Å². The Hall–Kier alpha value is -0.870. The quantitative estimate of drug-likeness (QED) is 0.793. The Morgan fingerprint density at radius 3 is 2.82 bits per heavy atom. The molecule has 0 saturated heterocycles. The van der Waals surface area contributed by atoms with E-state index in [0.29, 0.717) is 12.5 Å². The zero-order valence-electron chi connectivity index (χ0n) is 10.3. The van der Waals surface area contributed by atoms with Gasteiger partial charge in [0.15, 0.2) is 0 Å². The molecule has 0 bridgehead atoms. The maximum absolute atomic E-state index is 11.6. The van der Waals surface area contributed by atoms with Crippen LogP contribution in [0.1, 0.15) is 20.3 Å². The van der Waals surface area contributed by atoms with Crippen molar-refractivity contribution in [2.75, 3.05) is 18.4 Å². The van der Waals surface area contributed by atoms with E-state index in [2.05, 4.69) is 40.4 Å². The lowest BCUT2D eigenvalue weighted by Gasteiger charge is -2.08. The van der Waals surface area contributed by atoms with Crippen molar-refractivity contribution in [3.05, 3.63) is 28.7 Å². The van der Waals surface area contributed by atoms with Crippen molar-refractivity contribution in [3.63, 3.8) is 0 Å². The van der Waals surface area contributed by atoms with Crippen LogP contribution in [-0.4, -0.2) is 19.0 Å². The van der Waals surface area contributed by atoms with Gasteiger partial charge in [-0.1, -0.05) is 35.8 Å². The lowest BCUT2D eigenvalue weighted by Crippen LogP contribution is -2.29. The van der Waals surface area contributed by atoms with Crippen LogP contribution in [0.5, 0.6) is 0 Å². The molecule has 1 aromatic carbocycles. The van der Waals surface area contributed by atoms with Crippen LogP contribution >= 0.6 is 15.9 Å². The van der Waals surface area contributed by atoms with Crippen molar-refractivity contribution >= 4 is 27.5 Å². The third-order valence-electron chi connectivity index (χ3n) is 2.29. The van der Waals surface area contributed by atoms with E-state index in [1.807, 2.05) is 24.3 Å². The minimum atomic E-state index is -0.00754. The Labute approximate surface area is 111 Å². The van der Waals surface area contributed by atoms with Gasteiger partial charge >= 0.3 is 0 Å². The van der Waals surface area contributed by atoms with Crippen LogP contribution < -0.4 is 10.6 Å². The van der Waals surface area contributed by atoms with Crippen LogP contribution in [0.3, 0.4) is 0 Å². The molecule has 4 heteroatoms. The number of carbonyl (C=O) groups is 1. The SMILES string of the molecule is CC(C)CCNCC(=O)Nc1cccc(Br)c1. The molecule has 0 radical (unpaired) electrons. The van der Waals surface area contributed by atoms with Crippen molar-refractivity contribution < 1.29 is 4.79 Å². The van der Waals surface area contributed by atoms with Crippen molar-refractivity contribution in [2.45, 2.75) is 20.3 Å². The lowest BCUT2D eigenvalue weighted by molar-refractivity contribution is -0.115. The number of nitrogens with one attached hydrogen (secondary N) is 2. The van der Waals surface area contributed by atoms with Gasteiger partial charge in [0.1, 0.15) is 0 Å². The van der Waals surface area contributed by atoms with Crippen molar-refractivity contribution in [1.82, 2.24) is 5.32 Å². The van der Waals surface area contributed by atoms with E-state index in [9.17, 15) is 4.79 Å². The smallest absolute Gasteiger partial charge is 0.238 e. The number of benzene rings is 1. The Kier molecular flexibility index (Phi) is 6.22. The van der Waals surface area contributed by atoms with E-state index in [1.165, 1.54) is 0 Å². The van der Waals surface area contributed by atoms with Gasteiger partial charge in [0.2, 0.25) is 5.91 Å². The molecule has 1 amide bonds. The van der Waals surface area contributed by atoms with Gasteiger partial charge in [-0.05, 0) is 37.1 Å². The number of halogens is 1. The summed E-state index contributed by atoms with van der Waals surface area (Å²) in [5, 5.41) is 5.97.